The van der Waals surface area contributed by atoms with Crippen LogP contribution >= 0.6 is 0 Å². The topological polar surface area (TPSA) is 43.8 Å². The summed E-state index contributed by atoms with van der Waals surface area (Å²) in [5.41, 5.74) is 4.84. The van der Waals surface area contributed by atoms with Gasteiger partial charge in [-0.2, -0.15) is 0 Å². The molecule has 0 radical (unpaired) electrons. The van der Waals surface area contributed by atoms with Crippen LogP contribution in [0.3, 0.4) is 0 Å². The Labute approximate surface area is 156 Å². The van der Waals surface area contributed by atoms with E-state index in [9.17, 15) is 9.90 Å². The summed E-state index contributed by atoms with van der Waals surface area (Å²) in [6.45, 7) is 3.63. The molecule has 4 nitrogen and oxygen atoms in total. The molecule has 1 N–H and O–H groups in total. The molecule has 2 unspecified atom stereocenters. The lowest BCUT2D eigenvalue weighted by Gasteiger charge is -2.38. The first-order chi connectivity index (χ1) is 12.5. The number of anilines is 1. The van der Waals surface area contributed by atoms with Gasteiger partial charge in [-0.25, -0.2) is 0 Å². The highest BCUT2D eigenvalue weighted by molar-refractivity contribution is 5.70. The number of aryl methyl sites for hydroxylation is 1. The van der Waals surface area contributed by atoms with Gasteiger partial charge in [0.2, 0.25) is 0 Å². The molecule has 3 rings (SSSR count). The van der Waals surface area contributed by atoms with Crippen LogP contribution in [0.5, 0.6) is 0 Å². The molecule has 0 bridgehead atoms. The fourth-order valence-corrected chi connectivity index (χ4v) is 3.85. The zero-order valence-electron chi connectivity index (χ0n) is 15.9. The monoisotopic (exact) mass is 352 g/mol. The van der Waals surface area contributed by atoms with Crippen LogP contribution in [-0.2, 0) is 4.79 Å². The lowest BCUT2D eigenvalue weighted by Crippen LogP contribution is -2.41. The van der Waals surface area contributed by atoms with E-state index in [-0.39, 0.29) is 12.0 Å². The number of benzene rings is 2. The Balaban J connectivity index is 1.97. The van der Waals surface area contributed by atoms with Crippen LogP contribution in [0.2, 0.25) is 0 Å². The highest BCUT2D eigenvalue weighted by Crippen LogP contribution is 2.33. The van der Waals surface area contributed by atoms with Crippen LogP contribution < -0.4 is 4.90 Å². The van der Waals surface area contributed by atoms with Gasteiger partial charge in [-0.3, -0.25) is 9.69 Å². The van der Waals surface area contributed by atoms with Gasteiger partial charge in [0.05, 0.1) is 12.0 Å². The Kier molecular flexibility index (Phi) is 5.62. The van der Waals surface area contributed by atoms with E-state index in [4.69, 9.17) is 0 Å². The zero-order chi connectivity index (χ0) is 18.7. The van der Waals surface area contributed by atoms with E-state index in [2.05, 4.69) is 65.3 Å². The molecule has 138 valence electrons. The minimum atomic E-state index is -0.680. The number of nitrogens with zero attached hydrogens (tertiary/aromatic N) is 2. The van der Waals surface area contributed by atoms with Gasteiger partial charge in [0.25, 0.3) is 0 Å². The Morgan fingerprint density at radius 1 is 1.15 bits per heavy atom. The SMILES string of the molecule is Cc1cccc(C(c2ccc(N(C)C)cc2)N2CCCC(C(=O)O)C2)c1. The molecule has 26 heavy (non-hydrogen) atoms. The van der Waals surface area contributed by atoms with Crippen molar-refractivity contribution in [1.29, 1.82) is 0 Å². The van der Waals surface area contributed by atoms with Gasteiger partial charge in [-0.1, -0.05) is 42.0 Å². The number of piperidine rings is 1. The molecule has 1 fully saturated rings. The van der Waals surface area contributed by atoms with Crippen molar-refractivity contribution in [3.63, 3.8) is 0 Å². The largest absolute Gasteiger partial charge is 0.481 e. The molecule has 1 saturated heterocycles. The predicted octanol–water partition coefficient (Wildman–Crippen LogP) is 3.95. The Hall–Kier alpha value is -2.33. The van der Waals surface area contributed by atoms with Crippen molar-refractivity contribution >= 4 is 11.7 Å². The lowest BCUT2D eigenvalue weighted by molar-refractivity contribution is -0.143. The number of carboxylic acid groups (broad SMARTS) is 1. The molecule has 0 spiro atoms. The average molecular weight is 352 g/mol. The van der Waals surface area contributed by atoms with Crippen molar-refractivity contribution in [2.45, 2.75) is 25.8 Å². The van der Waals surface area contributed by atoms with Gasteiger partial charge < -0.3 is 10.0 Å². The van der Waals surface area contributed by atoms with Gasteiger partial charge in [-0.15, -0.1) is 0 Å². The van der Waals surface area contributed by atoms with E-state index in [1.165, 1.54) is 22.4 Å². The minimum absolute atomic E-state index is 0.0910. The summed E-state index contributed by atoms with van der Waals surface area (Å²) in [6, 6.07) is 17.3. The molecule has 0 aliphatic carbocycles. The third-order valence-corrected chi connectivity index (χ3v) is 5.25. The van der Waals surface area contributed by atoms with Crippen molar-refractivity contribution in [3.8, 4) is 0 Å². The lowest BCUT2D eigenvalue weighted by atomic mass is 9.91. The smallest absolute Gasteiger partial charge is 0.307 e. The van der Waals surface area contributed by atoms with Gasteiger partial charge in [0, 0.05) is 26.3 Å². The maximum absolute atomic E-state index is 11.5. The second kappa shape index (κ2) is 7.92. The summed E-state index contributed by atoms with van der Waals surface area (Å²) in [6.07, 6.45) is 1.70. The molecule has 1 aliphatic heterocycles. The standard InChI is InChI=1S/C22H28N2O2/c1-16-6-4-7-18(14-16)21(17-9-11-20(12-10-17)23(2)3)24-13-5-8-19(15-24)22(25)26/h4,6-7,9-12,14,19,21H,5,8,13,15H2,1-3H3,(H,25,26). The molecule has 2 atom stereocenters. The number of carboxylic acids is 1. The highest BCUT2D eigenvalue weighted by Gasteiger charge is 2.31. The third-order valence-electron chi connectivity index (χ3n) is 5.25. The fraction of sp³-hybridized carbons (Fsp3) is 0.409. The van der Waals surface area contributed by atoms with Crippen molar-refractivity contribution < 1.29 is 9.90 Å². The molecule has 2 aromatic rings. The van der Waals surface area contributed by atoms with Crippen LogP contribution in [0.1, 0.15) is 35.6 Å². The second-order valence-corrected chi connectivity index (χ2v) is 7.47. The third kappa shape index (κ3) is 4.07. The van der Waals surface area contributed by atoms with Crippen LogP contribution in [0.4, 0.5) is 5.69 Å². The molecule has 1 aliphatic rings. The van der Waals surface area contributed by atoms with Gasteiger partial charge in [0.1, 0.15) is 0 Å². The number of rotatable bonds is 5. The summed E-state index contributed by atoms with van der Waals surface area (Å²) in [5, 5.41) is 9.49. The van der Waals surface area contributed by atoms with Crippen LogP contribution in [-0.4, -0.2) is 43.2 Å². The first-order valence-corrected chi connectivity index (χ1v) is 9.26. The molecule has 4 heteroatoms. The molecule has 2 aromatic carbocycles. The van der Waals surface area contributed by atoms with Crippen molar-refractivity contribution in [1.82, 2.24) is 4.90 Å². The first kappa shape index (κ1) is 18.5. The number of likely N-dealkylation sites (tertiary alicyclic amines) is 1. The number of carbonyl (C=O) groups is 1. The van der Waals surface area contributed by atoms with E-state index >= 15 is 0 Å². The molecule has 1 heterocycles. The van der Waals surface area contributed by atoms with Crippen molar-refractivity contribution in [2.75, 3.05) is 32.1 Å². The number of aliphatic carboxylic acids is 1. The maximum Gasteiger partial charge on any atom is 0.307 e. The average Bonchev–Trinajstić information content (AvgIpc) is 2.63. The second-order valence-electron chi connectivity index (χ2n) is 7.47. The van der Waals surface area contributed by atoms with Gasteiger partial charge in [-0.05, 0) is 49.6 Å². The highest BCUT2D eigenvalue weighted by atomic mass is 16.4. The van der Waals surface area contributed by atoms with Crippen LogP contribution in [0.25, 0.3) is 0 Å². The molecule has 0 aromatic heterocycles. The van der Waals surface area contributed by atoms with Gasteiger partial charge >= 0.3 is 5.97 Å². The van der Waals surface area contributed by atoms with Gasteiger partial charge in [0.15, 0.2) is 0 Å². The van der Waals surface area contributed by atoms with Crippen molar-refractivity contribution in [3.05, 3.63) is 65.2 Å². The number of hydrogen-bond acceptors (Lipinski definition) is 3. The normalized spacial score (nSPS) is 19.1. The van der Waals surface area contributed by atoms with E-state index < -0.39 is 5.97 Å². The summed E-state index contributed by atoms with van der Waals surface area (Å²) in [7, 11) is 4.07. The molecule has 0 saturated carbocycles. The minimum Gasteiger partial charge on any atom is -0.481 e. The zero-order valence-corrected chi connectivity index (χ0v) is 15.9. The molecule has 0 amide bonds. The van der Waals surface area contributed by atoms with Crippen LogP contribution in [0, 0.1) is 12.8 Å². The fourth-order valence-electron chi connectivity index (χ4n) is 3.85. The number of hydrogen-bond donors (Lipinski definition) is 1. The van der Waals surface area contributed by atoms with E-state index in [1.807, 2.05) is 14.1 Å². The molecular weight excluding hydrogens is 324 g/mol. The maximum atomic E-state index is 11.5. The summed E-state index contributed by atoms with van der Waals surface area (Å²) in [4.78, 5) is 16.0. The van der Waals surface area contributed by atoms with E-state index in [1.54, 1.807) is 0 Å². The Morgan fingerprint density at radius 3 is 2.50 bits per heavy atom. The van der Waals surface area contributed by atoms with Crippen molar-refractivity contribution in [2.24, 2.45) is 5.92 Å². The summed E-state index contributed by atoms with van der Waals surface area (Å²) in [5.74, 6) is -0.960. The summed E-state index contributed by atoms with van der Waals surface area (Å²) >= 11 is 0. The van der Waals surface area contributed by atoms with Crippen LogP contribution in [0.15, 0.2) is 48.5 Å². The summed E-state index contributed by atoms with van der Waals surface area (Å²) < 4.78 is 0. The Morgan fingerprint density at radius 2 is 1.88 bits per heavy atom. The molecular formula is C22H28N2O2. The first-order valence-electron chi connectivity index (χ1n) is 9.26. The predicted molar refractivity (Wildman–Crippen MR) is 106 cm³/mol. The quantitative estimate of drug-likeness (QED) is 0.885. The van der Waals surface area contributed by atoms with E-state index in [0.717, 1.165) is 19.4 Å². The Bertz CT molecular complexity index is 755. The van der Waals surface area contributed by atoms with E-state index in [0.29, 0.717) is 6.54 Å².